The molecule has 0 atom stereocenters. The molecule has 0 N–H and O–H groups in total. The maximum absolute atomic E-state index is 13.4. The molecule has 0 aliphatic carbocycles. The SMILES string of the molecule is O=C1/C(=C\c2cc(Cl)c(OCc3cccc(F)c3)c(Br)c2)SC(=S)N1c1ccccc1. The molecule has 1 heterocycles. The van der Waals surface area contributed by atoms with Gasteiger partial charge in [-0.2, -0.15) is 0 Å². The van der Waals surface area contributed by atoms with Gasteiger partial charge in [0.2, 0.25) is 0 Å². The van der Waals surface area contributed by atoms with Crippen LogP contribution in [0.15, 0.2) is 76.1 Å². The minimum atomic E-state index is -0.325. The van der Waals surface area contributed by atoms with Gasteiger partial charge in [0, 0.05) is 0 Å². The van der Waals surface area contributed by atoms with E-state index in [2.05, 4.69) is 15.9 Å². The van der Waals surface area contributed by atoms with Crippen LogP contribution in [0.2, 0.25) is 5.02 Å². The molecule has 4 rings (SSSR count). The van der Waals surface area contributed by atoms with Gasteiger partial charge in [0.25, 0.3) is 5.91 Å². The zero-order chi connectivity index (χ0) is 22.0. The number of benzene rings is 3. The van der Waals surface area contributed by atoms with Gasteiger partial charge in [0.1, 0.15) is 12.4 Å². The lowest BCUT2D eigenvalue weighted by atomic mass is 10.2. The Morgan fingerprint density at radius 2 is 1.90 bits per heavy atom. The molecule has 8 heteroatoms. The Morgan fingerprint density at radius 1 is 1.13 bits per heavy atom. The number of hydrogen-bond donors (Lipinski definition) is 0. The largest absolute Gasteiger partial charge is 0.486 e. The number of para-hydroxylation sites is 1. The zero-order valence-electron chi connectivity index (χ0n) is 15.8. The molecular formula is C23H14BrClFNO2S2. The first-order valence-corrected chi connectivity index (χ1v) is 11.5. The number of halogens is 3. The van der Waals surface area contributed by atoms with E-state index < -0.39 is 0 Å². The first-order chi connectivity index (χ1) is 14.9. The highest BCUT2D eigenvalue weighted by Gasteiger charge is 2.33. The van der Waals surface area contributed by atoms with Crippen LogP contribution in [0.25, 0.3) is 6.08 Å². The number of carbonyl (C=O) groups excluding carboxylic acids is 1. The third kappa shape index (κ3) is 5.01. The van der Waals surface area contributed by atoms with Crippen molar-refractivity contribution in [3.63, 3.8) is 0 Å². The van der Waals surface area contributed by atoms with Gasteiger partial charge in [-0.05, 0) is 69.5 Å². The molecule has 3 nitrogen and oxygen atoms in total. The number of thiocarbonyl (C=S) groups is 1. The van der Waals surface area contributed by atoms with Crippen molar-refractivity contribution in [3.05, 3.63) is 98.1 Å². The summed E-state index contributed by atoms with van der Waals surface area (Å²) < 4.78 is 20.2. The minimum Gasteiger partial charge on any atom is -0.486 e. The van der Waals surface area contributed by atoms with Crippen molar-refractivity contribution in [2.24, 2.45) is 0 Å². The predicted molar refractivity (Wildman–Crippen MR) is 132 cm³/mol. The van der Waals surface area contributed by atoms with Gasteiger partial charge in [0.15, 0.2) is 10.1 Å². The number of amides is 1. The van der Waals surface area contributed by atoms with Crippen molar-refractivity contribution in [1.82, 2.24) is 0 Å². The third-order valence-corrected chi connectivity index (χ3v) is 6.57. The average molecular weight is 535 g/mol. The maximum atomic E-state index is 13.4. The van der Waals surface area contributed by atoms with Gasteiger partial charge in [-0.1, -0.05) is 65.9 Å². The molecule has 1 fully saturated rings. The molecule has 1 aliphatic heterocycles. The van der Waals surface area contributed by atoms with Crippen LogP contribution in [-0.4, -0.2) is 10.2 Å². The quantitative estimate of drug-likeness (QED) is 0.255. The lowest BCUT2D eigenvalue weighted by molar-refractivity contribution is -0.113. The molecule has 0 radical (unpaired) electrons. The summed E-state index contributed by atoms with van der Waals surface area (Å²) in [5, 5.41) is 0.371. The first-order valence-electron chi connectivity index (χ1n) is 9.11. The summed E-state index contributed by atoms with van der Waals surface area (Å²) >= 11 is 16.5. The number of rotatable bonds is 5. The molecule has 1 aliphatic rings. The highest BCUT2D eigenvalue weighted by atomic mass is 79.9. The van der Waals surface area contributed by atoms with Gasteiger partial charge < -0.3 is 4.74 Å². The Bertz CT molecular complexity index is 1180. The van der Waals surface area contributed by atoms with Crippen LogP contribution < -0.4 is 9.64 Å². The predicted octanol–water partition coefficient (Wildman–Crippen LogP) is 7.23. The second kappa shape index (κ2) is 9.53. The Morgan fingerprint density at radius 3 is 2.61 bits per heavy atom. The van der Waals surface area contributed by atoms with E-state index in [1.165, 1.54) is 28.8 Å². The normalized spacial score (nSPS) is 15.1. The second-order valence-electron chi connectivity index (χ2n) is 6.58. The summed E-state index contributed by atoms with van der Waals surface area (Å²) in [6.07, 6.45) is 1.75. The lowest BCUT2D eigenvalue weighted by Gasteiger charge is -2.14. The van der Waals surface area contributed by atoms with Crippen LogP contribution in [0, 0.1) is 5.82 Å². The number of hydrogen-bond acceptors (Lipinski definition) is 4. The van der Waals surface area contributed by atoms with Crippen LogP contribution in [0.3, 0.4) is 0 Å². The van der Waals surface area contributed by atoms with Gasteiger partial charge in [0.05, 0.1) is 20.1 Å². The van der Waals surface area contributed by atoms with E-state index in [4.69, 9.17) is 28.6 Å². The highest BCUT2D eigenvalue weighted by molar-refractivity contribution is 9.10. The summed E-state index contributed by atoms with van der Waals surface area (Å²) in [4.78, 5) is 14.9. The van der Waals surface area contributed by atoms with Crippen LogP contribution in [0.4, 0.5) is 10.1 Å². The van der Waals surface area contributed by atoms with Gasteiger partial charge in [-0.3, -0.25) is 9.69 Å². The van der Waals surface area contributed by atoms with Crippen molar-refractivity contribution in [2.45, 2.75) is 6.61 Å². The number of ether oxygens (including phenoxy) is 1. The zero-order valence-corrected chi connectivity index (χ0v) is 19.8. The Kier molecular flexibility index (Phi) is 6.77. The molecular weight excluding hydrogens is 521 g/mol. The van der Waals surface area contributed by atoms with Crippen LogP contribution in [0.5, 0.6) is 5.75 Å². The topological polar surface area (TPSA) is 29.5 Å². The highest BCUT2D eigenvalue weighted by Crippen LogP contribution is 2.39. The van der Waals surface area contributed by atoms with Crippen LogP contribution >= 0.6 is 51.5 Å². The molecule has 0 bridgehead atoms. The van der Waals surface area contributed by atoms with E-state index in [1.807, 2.05) is 36.4 Å². The summed E-state index contributed by atoms with van der Waals surface area (Å²) in [7, 11) is 0. The average Bonchev–Trinajstić information content (AvgIpc) is 3.01. The van der Waals surface area contributed by atoms with Crippen molar-refractivity contribution in [3.8, 4) is 5.75 Å². The summed E-state index contributed by atoms with van der Waals surface area (Å²) in [5.41, 5.74) is 2.15. The van der Waals surface area contributed by atoms with E-state index in [-0.39, 0.29) is 18.3 Å². The third-order valence-electron chi connectivity index (χ3n) is 4.40. The molecule has 1 saturated heterocycles. The van der Waals surface area contributed by atoms with Crippen molar-refractivity contribution >= 4 is 73.5 Å². The molecule has 0 unspecified atom stereocenters. The molecule has 3 aromatic carbocycles. The fourth-order valence-corrected chi connectivity index (χ4v) is 5.29. The molecule has 1 amide bonds. The number of thioether (sulfide) groups is 1. The monoisotopic (exact) mass is 533 g/mol. The van der Waals surface area contributed by atoms with E-state index >= 15 is 0 Å². The summed E-state index contributed by atoms with van der Waals surface area (Å²) in [5.74, 6) is -0.0609. The van der Waals surface area contributed by atoms with Gasteiger partial charge in [-0.25, -0.2) is 4.39 Å². The summed E-state index contributed by atoms with van der Waals surface area (Å²) in [6.45, 7) is 0.172. The van der Waals surface area contributed by atoms with Crippen LogP contribution in [0.1, 0.15) is 11.1 Å². The number of anilines is 1. The van der Waals surface area contributed by atoms with Crippen molar-refractivity contribution in [2.75, 3.05) is 4.90 Å². The Labute approximate surface area is 202 Å². The maximum Gasteiger partial charge on any atom is 0.270 e. The minimum absolute atomic E-state index is 0.172. The van der Waals surface area contributed by atoms with Gasteiger partial charge in [-0.15, -0.1) is 0 Å². The van der Waals surface area contributed by atoms with Crippen molar-refractivity contribution in [1.29, 1.82) is 0 Å². The Balaban J connectivity index is 1.55. The molecule has 0 spiro atoms. The fourth-order valence-electron chi connectivity index (χ4n) is 3.00. The molecule has 156 valence electrons. The summed E-state index contributed by atoms with van der Waals surface area (Å²) in [6, 6.07) is 19.0. The first kappa shape index (κ1) is 22.0. The van der Waals surface area contributed by atoms with E-state index in [0.29, 0.717) is 30.0 Å². The molecule has 31 heavy (non-hydrogen) atoms. The lowest BCUT2D eigenvalue weighted by Crippen LogP contribution is -2.27. The molecule has 3 aromatic rings. The Hall–Kier alpha value is -2.19. The van der Waals surface area contributed by atoms with E-state index in [0.717, 1.165) is 11.3 Å². The standard InChI is InChI=1S/C23H14BrClFNO2S2/c24-18-10-15(11-19(25)21(18)29-13-14-5-4-6-16(26)9-14)12-20-22(28)27(23(30)31-20)17-7-2-1-3-8-17/h1-12H,13H2/b20-12+. The second-order valence-corrected chi connectivity index (χ2v) is 9.52. The smallest absolute Gasteiger partial charge is 0.270 e. The van der Waals surface area contributed by atoms with Gasteiger partial charge >= 0.3 is 0 Å². The van der Waals surface area contributed by atoms with E-state index in [1.54, 1.807) is 24.3 Å². The fraction of sp³-hybridized carbons (Fsp3) is 0.0435. The number of nitrogens with zero attached hydrogens (tertiary/aromatic N) is 1. The molecule has 0 saturated carbocycles. The van der Waals surface area contributed by atoms with E-state index in [9.17, 15) is 9.18 Å². The number of carbonyl (C=O) groups is 1. The molecule has 0 aromatic heterocycles. The van der Waals surface area contributed by atoms with Crippen LogP contribution in [-0.2, 0) is 11.4 Å². The van der Waals surface area contributed by atoms with Crippen molar-refractivity contribution < 1.29 is 13.9 Å².